The van der Waals surface area contributed by atoms with Crippen LogP contribution in [0.4, 0.5) is 11.4 Å². The number of nitrogens with zero attached hydrogens (tertiary/aromatic N) is 2. The number of hydrogen-bond donors (Lipinski definition) is 2. The number of para-hydroxylation sites is 1. The summed E-state index contributed by atoms with van der Waals surface area (Å²) in [6.45, 7) is 6.53. The monoisotopic (exact) mass is 292 g/mol. The van der Waals surface area contributed by atoms with Gasteiger partial charge in [0.1, 0.15) is 5.69 Å². The van der Waals surface area contributed by atoms with Crippen LogP contribution < -0.4 is 10.6 Å². The number of aryl methyl sites for hydroxylation is 1. The van der Waals surface area contributed by atoms with Crippen molar-refractivity contribution in [2.75, 3.05) is 31.5 Å². The number of carbonyl (C=O) groups excluding carboxylic acids is 1. The number of amides is 1. The second-order valence-electron chi connectivity index (χ2n) is 5.30. The van der Waals surface area contributed by atoms with Crippen molar-refractivity contribution in [1.82, 2.24) is 10.2 Å². The lowest BCUT2D eigenvalue weighted by atomic mass is 10.1. The normalized spacial score (nSPS) is 19.2. The van der Waals surface area contributed by atoms with Gasteiger partial charge in [-0.1, -0.05) is 12.1 Å². The number of hydrogen-bond acceptors (Lipinski definition) is 5. The quantitative estimate of drug-likeness (QED) is 0.642. The van der Waals surface area contributed by atoms with Crippen LogP contribution in [-0.4, -0.2) is 48.0 Å². The lowest BCUT2D eigenvalue weighted by Gasteiger charge is -2.33. The first-order valence-corrected chi connectivity index (χ1v) is 6.97. The second-order valence-corrected chi connectivity index (χ2v) is 5.30. The fourth-order valence-corrected chi connectivity index (χ4v) is 2.45. The number of anilines is 1. The zero-order chi connectivity index (χ0) is 15.4. The van der Waals surface area contributed by atoms with Crippen LogP contribution >= 0.6 is 0 Å². The first-order valence-electron chi connectivity index (χ1n) is 6.97. The molecule has 7 heteroatoms. The van der Waals surface area contributed by atoms with Crippen LogP contribution in [0.1, 0.15) is 12.5 Å². The highest BCUT2D eigenvalue weighted by molar-refractivity contribution is 5.95. The zero-order valence-electron chi connectivity index (χ0n) is 12.3. The SMILES string of the molecule is Cc1cccc([N+](=O)[O-])c1NC(=O)CN1CCNC[C@@H]1C. The number of nitro benzene ring substituents is 1. The predicted molar refractivity (Wildman–Crippen MR) is 80.4 cm³/mol. The molecule has 7 nitrogen and oxygen atoms in total. The highest BCUT2D eigenvalue weighted by Gasteiger charge is 2.22. The third-order valence-corrected chi connectivity index (χ3v) is 3.70. The molecule has 0 radical (unpaired) electrons. The van der Waals surface area contributed by atoms with Crippen molar-refractivity contribution in [3.63, 3.8) is 0 Å². The van der Waals surface area contributed by atoms with Crippen LogP contribution in [0.25, 0.3) is 0 Å². The first kappa shape index (κ1) is 15.4. The molecule has 21 heavy (non-hydrogen) atoms. The van der Waals surface area contributed by atoms with Gasteiger partial charge in [0.05, 0.1) is 11.5 Å². The van der Waals surface area contributed by atoms with Crippen molar-refractivity contribution in [2.24, 2.45) is 0 Å². The molecule has 0 aromatic heterocycles. The molecule has 1 saturated heterocycles. The largest absolute Gasteiger partial charge is 0.319 e. The van der Waals surface area contributed by atoms with Gasteiger partial charge in [-0.25, -0.2) is 0 Å². The maximum atomic E-state index is 12.2. The molecule has 1 fully saturated rings. The van der Waals surface area contributed by atoms with E-state index < -0.39 is 4.92 Å². The lowest BCUT2D eigenvalue weighted by Crippen LogP contribution is -2.52. The predicted octanol–water partition coefficient (Wildman–Crippen LogP) is 1.14. The Morgan fingerprint density at radius 3 is 3.00 bits per heavy atom. The maximum absolute atomic E-state index is 12.2. The number of carbonyl (C=O) groups is 1. The Hall–Kier alpha value is -1.99. The average molecular weight is 292 g/mol. The van der Waals surface area contributed by atoms with Crippen LogP contribution in [0, 0.1) is 17.0 Å². The van der Waals surface area contributed by atoms with E-state index in [1.807, 2.05) is 0 Å². The Labute approximate surface area is 123 Å². The highest BCUT2D eigenvalue weighted by Crippen LogP contribution is 2.27. The Morgan fingerprint density at radius 2 is 2.33 bits per heavy atom. The summed E-state index contributed by atoms with van der Waals surface area (Å²) in [5, 5.41) is 17.0. The third kappa shape index (κ3) is 3.77. The molecule has 1 aromatic rings. The number of rotatable bonds is 4. The van der Waals surface area contributed by atoms with Gasteiger partial charge in [0.15, 0.2) is 0 Å². The van der Waals surface area contributed by atoms with E-state index in [9.17, 15) is 14.9 Å². The van der Waals surface area contributed by atoms with Crippen LogP contribution in [-0.2, 0) is 4.79 Å². The summed E-state index contributed by atoms with van der Waals surface area (Å²) in [5.41, 5.74) is 0.901. The van der Waals surface area contributed by atoms with E-state index >= 15 is 0 Å². The zero-order valence-corrected chi connectivity index (χ0v) is 12.3. The van der Waals surface area contributed by atoms with Gasteiger partial charge < -0.3 is 10.6 Å². The number of piperazine rings is 1. The van der Waals surface area contributed by atoms with Crippen molar-refractivity contribution in [1.29, 1.82) is 0 Å². The molecule has 114 valence electrons. The van der Waals surface area contributed by atoms with E-state index in [1.165, 1.54) is 6.07 Å². The molecular weight excluding hydrogens is 272 g/mol. The highest BCUT2D eigenvalue weighted by atomic mass is 16.6. The molecule has 0 aliphatic carbocycles. The molecule has 2 rings (SSSR count). The van der Waals surface area contributed by atoms with Crippen LogP contribution in [0.5, 0.6) is 0 Å². The van der Waals surface area contributed by atoms with Crippen LogP contribution in [0.15, 0.2) is 18.2 Å². The van der Waals surface area contributed by atoms with Gasteiger partial charge in [0.2, 0.25) is 5.91 Å². The Balaban J connectivity index is 2.07. The lowest BCUT2D eigenvalue weighted by molar-refractivity contribution is -0.384. The minimum atomic E-state index is -0.476. The first-order chi connectivity index (χ1) is 9.99. The molecule has 2 N–H and O–H groups in total. The molecule has 0 saturated carbocycles. The minimum absolute atomic E-state index is 0.0725. The van der Waals surface area contributed by atoms with Gasteiger partial charge in [0, 0.05) is 31.7 Å². The Kier molecular flexibility index (Phi) is 4.87. The van der Waals surface area contributed by atoms with Crippen molar-refractivity contribution >= 4 is 17.3 Å². The van der Waals surface area contributed by atoms with Crippen molar-refractivity contribution in [2.45, 2.75) is 19.9 Å². The number of nitro groups is 1. The summed E-state index contributed by atoms with van der Waals surface area (Å²) >= 11 is 0. The maximum Gasteiger partial charge on any atom is 0.293 e. The molecule has 1 atom stereocenters. The molecule has 1 amide bonds. The molecule has 0 bridgehead atoms. The van der Waals surface area contributed by atoms with Gasteiger partial charge in [-0.15, -0.1) is 0 Å². The standard InChI is InChI=1S/C14H20N4O3/c1-10-4-3-5-12(18(20)21)14(10)16-13(19)9-17-7-6-15-8-11(17)2/h3-5,11,15H,6-9H2,1-2H3,(H,16,19)/t11-/m0/s1. The fraction of sp³-hybridized carbons (Fsp3) is 0.500. The molecule has 0 spiro atoms. The topological polar surface area (TPSA) is 87.5 Å². The van der Waals surface area contributed by atoms with Gasteiger partial charge in [-0.2, -0.15) is 0 Å². The van der Waals surface area contributed by atoms with E-state index in [0.29, 0.717) is 5.56 Å². The van der Waals surface area contributed by atoms with Gasteiger partial charge in [-0.05, 0) is 19.4 Å². The Morgan fingerprint density at radius 1 is 1.57 bits per heavy atom. The van der Waals surface area contributed by atoms with Gasteiger partial charge in [-0.3, -0.25) is 19.8 Å². The Bertz CT molecular complexity index is 547. The van der Waals surface area contributed by atoms with E-state index in [-0.39, 0.29) is 29.9 Å². The van der Waals surface area contributed by atoms with E-state index in [2.05, 4.69) is 22.5 Å². The van der Waals surface area contributed by atoms with Crippen molar-refractivity contribution < 1.29 is 9.72 Å². The summed E-state index contributed by atoms with van der Waals surface area (Å²) < 4.78 is 0. The van der Waals surface area contributed by atoms with Gasteiger partial charge >= 0.3 is 0 Å². The molecular formula is C14H20N4O3. The third-order valence-electron chi connectivity index (χ3n) is 3.70. The van der Waals surface area contributed by atoms with E-state index in [4.69, 9.17) is 0 Å². The summed E-state index contributed by atoms with van der Waals surface area (Å²) in [5.74, 6) is -0.221. The summed E-state index contributed by atoms with van der Waals surface area (Å²) in [6, 6.07) is 5.03. The van der Waals surface area contributed by atoms with Crippen LogP contribution in [0.3, 0.4) is 0 Å². The van der Waals surface area contributed by atoms with Crippen molar-refractivity contribution in [3.05, 3.63) is 33.9 Å². The molecule has 1 aliphatic rings. The molecule has 0 unspecified atom stereocenters. The molecule has 1 heterocycles. The van der Waals surface area contributed by atoms with E-state index in [1.54, 1.807) is 19.1 Å². The average Bonchev–Trinajstić information content (AvgIpc) is 2.43. The number of nitrogens with one attached hydrogen (secondary N) is 2. The summed E-state index contributed by atoms with van der Waals surface area (Å²) in [4.78, 5) is 24.8. The smallest absolute Gasteiger partial charge is 0.293 e. The fourth-order valence-electron chi connectivity index (χ4n) is 2.45. The molecule has 1 aromatic carbocycles. The summed E-state index contributed by atoms with van der Waals surface area (Å²) in [7, 11) is 0. The van der Waals surface area contributed by atoms with Gasteiger partial charge in [0.25, 0.3) is 5.69 Å². The van der Waals surface area contributed by atoms with Crippen LogP contribution in [0.2, 0.25) is 0 Å². The second kappa shape index (κ2) is 6.64. The minimum Gasteiger partial charge on any atom is -0.319 e. The summed E-state index contributed by atoms with van der Waals surface area (Å²) in [6.07, 6.45) is 0. The van der Waals surface area contributed by atoms with E-state index in [0.717, 1.165) is 19.6 Å². The molecule has 1 aliphatic heterocycles. The van der Waals surface area contributed by atoms with Crippen molar-refractivity contribution in [3.8, 4) is 0 Å². The number of benzene rings is 1.